The first kappa shape index (κ1) is 17.1. The molecule has 1 unspecified atom stereocenters. The van der Waals surface area contributed by atoms with Crippen LogP contribution in [0, 0.1) is 11.8 Å². The first-order chi connectivity index (χ1) is 13.2. The Labute approximate surface area is 156 Å². The molecule has 1 atom stereocenters. The van der Waals surface area contributed by atoms with Gasteiger partial charge in [-0.2, -0.15) is 5.10 Å². The first-order valence-corrected chi connectivity index (χ1v) is 8.64. The molecule has 0 amide bonds. The molecule has 8 nitrogen and oxygen atoms in total. The summed E-state index contributed by atoms with van der Waals surface area (Å²) in [4.78, 5) is 8.50. The van der Waals surface area contributed by atoms with Gasteiger partial charge in [0.15, 0.2) is 5.65 Å². The summed E-state index contributed by atoms with van der Waals surface area (Å²) in [6.45, 7) is 1.80. The van der Waals surface area contributed by atoms with E-state index in [0.717, 1.165) is 25.1 Å². The largest absolute Gasteiger partial charge is 0.497 e. The van der Waals surface area contributed by atoms with Crippen LogP contribution >= 0.6 is 0 Å². The zero-order valence-corrected chi connectivity index (χ0v) is 15.2. The molecule has 0 radical (unpaired) electrons. The van der Waals surface area contributed by atoms with Crippen molar-refractivity contribution in [2.45, 2.75) is 12.5 Å². The molecule has 1 aromatic carbocycles. The van der Waals surface area contributed by atoms with Crippen molar-refractivity contribution in [2.24, 2.45) is 0 Å². The molecule has 3 N–H and O–H groups in total. The summed E-state index contributed by atoms with van der Waals surface area (Å²) in [6.07, 6.45) is 2.45. The lowest BCUT2D eigenvalue weighted by Crippen LogP contribution is -2.15. The van der Waals surface area contributed by atoms with Gasteiger partial charge < -0.3 is 20.5 Å². The summed E-state index contributed by atoms with van der Waals surface area (Å²) in [6, 6.07) is 5.72. The fourth-order valence-electron chi connectivity index (χ4n) is 3.20. The Morgan fingerprint density at radius 3 is 2.59 bits per heavy atom. The van der Waals surface area contributed by atoms with Gasteiger partial charge in [0.1, 0.15) is 29.3 Å². The molecule has 0 aliphatic carbocycles. The van der Waals surface area contributed by atoms with E-state index in [-0.39, 0.29) is 6.04 Å². The van der Waals surface area contributed by atoms with E-state index >= 15 is 0 Å². The molecular weight excluding hydrogens is 344 g/mol. The highest BCUT2D eigenvalue weighted by atomic mass is 16.5. The van der Waals surface area contributed by atoms with Crippen LogP contribution in [0.3, 0.4) is 0 Å². The number of hydrogen-bond donors (Lipinski definition) is 2. The molecule has 138 valence electrons. The molecule has 1 aliphatic rings. The van der Waals surface area contributed by atoms with E-state index in [1.165, 1.54) is 6.33 Å². The average molecular weight is 364 g/mol. The van der Waals surface area contributed by atoms with Crippen molar-refractivity contribution in [3.8, 4) is 23.3 Å². The van der Waals surface area contributed by atoms with Crippen LogP contribution in [0.15, 0.2) is 24.5 Å². The van der Waals surface area contributed by atoms with E-state index in [2.05, 4.69) is 27.1 Å². The predicted octanol–water partition coefficient (Wildman–Crippen LogP) is 1.36. The van der Waals surface area contributed by atoms with Gasteiger partial charge in [0.2, 0.25) is 0 Å². The van der Waals surface area contributed by atoms with E-state index in [1.807, 2.05) is 16.8 Å². The second kappa shape index (κ2) is 7.13. The predicted molar refractivity (Wildman–Crippen MR) is 102 cm³/mol. The minimum atomic E-state index is 0.231. The van der Waals surface area contributed by atoms with Gasteiger partial charge in [0.05, 0.1) is 25.6 Å². The third-order valence-corrected chi connectivity index (χ3v) is 4.57. The summed E-state index contributed by atoms with van der Waals surface area (Å²) in [7, 11) is 3.21. The topological polar surface area (TPSA) is 100 Å². The number of nitrogens with zero attached hydrogens (tertiary/aromatic N) is 4. The van der Waals surface area contributed by atoms with E-state index in [9.17, 15) is 0 Å². The fourth-order valence-corrected chi connectivity index (χ4v) is 3.20. The monoisotopic (exact) mass is 364 g/mol. The number of methoxy groups -OCH3 is 2. The Kier molecular flexibility index (Phi) is 4.52. The number of nitrogen functional groups attached to an aromatic ring is 1. The Morgan fingerprint density at radius 2 is 1.93 bits per heavy atom. The lowest BCUT2D eigenvalue weighted by Gasteiger charge is -2.09. The number of hydrogen-bond acceptors (Lipinski definition) is 7. The zero-order chi connectivity index (χ0) is 18.8. The van der Waals surface area contributed by atoms with Gasteiger partial charge in [-0.3, -0.25) is 0 Å². The summed E-state index contributed by atoms with van der Waals surface area (Å²) < 4.78 is 12.5. The average Bonchev–Trinajstić information content (AvgIpc) is 3.34. The molecule has 3 heterocycles. The molecule has 3 aromatic rings. The Balaban J connectivity index is 1.80. The van der Waals surface area contributed by atoms with Crippen LogP contribution in [-0.4, -0.2) is 47.1 Å². The minimum Gasteiger partial charge on any atom is -0.497 e. The number of aromatic nitrogens is 4. The summed E-state index contributed by atoms with van der Waals surface area (Å²) >= 11 is 0. The quantitative estimate of drug-likeness (QED) is 0.677. The maximum absolute atomic E-state index is 6.10. The van der Waals surface area contributed by atoms with E-state index < -0.39 is 0 Å². The molecule has 4 rings (SSSR count). The van der Waals surface area contributed by atoms with E-state index in [0.29, 0.717) is 34.0 Å². The minimum absolute atomic E-state index is 0.231. The van der Waals surface area contributed by atoms with Crippen molar-refractivity contribution >= 4 is 16.9 Å². The Bertz CT molecular complexity index is 1020. The summed E-state index contributed by atoms with van der Waals surface area (Å²) in [5.74, 6) is 7.97. The van der Waals surface area contributed by atoms with Crippen molar-refractivity contribution in [1.29, 1.82) is 0 Å². The number of nitrogens with one attached hydrogen (secondary N) is 1. The lowest BCUT2D eigenvalue weighted by atomic mass is 10.2. The van der Waals surface area contributed by atoms with Crippen molar-refractivity contribution in [3.05, 3.63) is 35.8 Å². The van der Waals surface area contributed by atoms with Gasteiger partial charge in [0, 0.05) is 18.2 Å². The Morgan fingerprint density at radius 1 is 1.15 bits per heavy atom. The van der Waals surface area contributed by atoms with Gasteiger partial charge in [-0.25, -0.2) is 14.6 Å². The Hall–Kier alpha value is -3.31. The van der Waals surface area contributed by atoms with Gasteiger partial charge >= 0.3 is 0 Å². The number of fused-ring (bicyclic) bond motifs is 1. The lowest BCUT2D eigenvalue weighted by molar-refractivity contribution is 0.394. The van der Waals surface area contributed by atoms with E-state index in [4.69, 9.17) is 20.3 Å². The fraction of sp³-hybridized carbons (Fsp3) is 0.316. The van der Waals surface area contributed by atoms with Crippen LogP contribution in [0.4, 0.5) is 5.82 Å². The molecule has 1 saturated heterocycles. The van der Waals surface area contributed by atoms with Crippen LogP contribution < -0.4 is 20.5 Å². The van der Waals surface area contributed by atoms with Gasteiger partial charge in [-0.1, -0.05) is 5.92 Å². The molecule has 2 aromatic heterocycles. The number of anilines is 1. The van der Waals surface area contributed by atoms with Gasteiger partial charge in [-0.05, 0) is 31.0 Å². The number of rotatable bonds is 3. The highest BCUT2D eigenvalue weighted by Crippen LogP contribution is 2.26. The maximum Gasteiger partial charge on any atom is 0.164 e. The van der Waals surface area contributed by atoms with Crippen LogP contribution in [0.25, 0.3) is 11.0 Å². The van der Waals surface area contributed by atoms with Crippen molar-refractivity contribution < 1.29 is 9.47 Å². The van der Waals surface area contributed by atoms with Gasteiger partial charge in [-0.15, -0.1) is 0 Å². The normalized spacial score (nSPS) is 16.1. The van der Waals surface area contributed by atoms with Gasteiger partial charge in [0.25, 0.3) is 0 Å². The zero-order valence-electron chi connectivity index (χ0n) is 15.2. The summed E-state index contributed by atoms with van der Waals surface area (Å²) in [5.41, 5.74) is 8.14. The molecule has 0 bridgehead atoms. The molecule has 0 spiro atoms. The SMILES string of the molecule is COc1cc(C#Cc2nn(C3CCNC3)c3ncnc(N)c23)cc(OC)c1. The maximum atomic E-state index is 6.10. The second-order valence-electron chi connectivity index (χ2n) is 6.25. The molecule has 0 saturated carbocycles. The molecule has 1 aliphatic heterocycles. The third-order valence-electron chi connectivity index (χ3n) is 4.57. The number of ether oxygens (including phenoxy) is 2. The molecule has 8 heteroatoms. The van der Waals surface area contributed by atoms with E-state index in [1.54, 1.807) is 20.3 Å². The van der Waals surface area contributed by atoms with Crippen LogP contribution in [0.5, 0.6) is 11.5 Å². The number of benzene rings is 1. The highest BCUT2D eigenvalue weighted by molar-refractivity contribution is 5.90. The molecule has 27 heavy (non-hydrogen) atoms. The van der Waals surface area contributed by atoms with Crippen molar-refractivity contribution in [3.63, 3.8) is 0 Å². The highest BCUT2D eigenvalue weighted by Gasteiger charge is 2.23. The van der Waals surface area contributed by atoms with Crippen LogP contribution in [0.1, 0.15) is 23.7 Å². The first-order valence-electron chi connectivity index (χ1n) is 8.64. The molecule has 1 fully saturated rings. The standard InChI is InChI=1S/C19H20N6O2/c1-26-14-7-12(8-15(9-14)27-2)3-4-16-17-18(20)22-11-23-19(17)25(24-16)13-5-6-21-10-13/h7-9,11,13,21H,5-6,10H2,1-2H3,(H2,20,22,23). The van der Waals surface area contributed by atoms with Crippen molar-refractivity contribution in [1.82, 2.24) is 25.1 Å². The third kappa shape index (κ3) is 3.25. The summed E-state index contributed by atoms with van der Waals surface area (Å²) in [5, 5.41) is 8.72. The molecular formula is C19H20N6O2. The van der Waals surface area contributed by atoms with Crippen LogP contribution in [-0.2, 0) is 0 Å². The smallest absolute Gasteiger partial charge is 0.164 e. The van der Waals surface area contributed by atoms with Crippen LogP contribution in [0.2, 0.25) is 0 Å². The second-order valence-corrected chi connectivity index (χ2v) is 6.25. The number of nitrogens with two attached hydrogens (primary N) is 1. The van der Waals surface area contributed by atoms with Crippen molar-refractivity contribution in [2.75, 3.05) is 33.0 Å².